The standard InChI is InChI=1S/C27H32O4S2/c1-2-21-15-14-20(9-6-16-30-22-10-4-3-5-11-22)19-23(21)31-26(28)27(29,24-12-7-17-32-24)25-13-8-18-33-25/h3-5,7-8,10-13,17-18,20-21,23,29H,2,6,9,14-16,19H2,1H3/t20?,21-,23+/m0/s1. The van der Waals surface area contributed by atoms with Gasteiger partial charge in [-0.15, -0.1) is 22.7 Å². The summed E-state index contributed by atoms with van der Waals surface area (Å²) in [4.78, 5) is 14.6. The van der Waals surface area contributed by atoms with E-state index < -0.39 is 11.6 Å². The molecule has 0 radical (unpaired) electrons. The molecule has 0 aliphatic heterocycles. The second-order valence-electron chi connectivity index (χ2n) is 8.76. The van der Waals surface area contributed by atoms with E-state index in [9.17, 15) is 9.90 Å². The van der Waals surface area contributed by atoms with Crippen molar-refractivity contribution in [2.45, 2.75) is 57.2 Å². The molecule has 1 N–H and O–H groups in total. The van der Waals surface area contributed by atoms with Crippen LogP contribution in [0.2, 0.25) is 0 Å². The number of rotatable bonds is 10. The van der Waals surface area contributed by atoms with Crippen LogP contribution >= 0.6 is 22.7 Å². The van der Waals surface area contributed by atoms with Crippen LogP contribution in [0.5, 0.6) is 5.75 Å². The Kier molecular flexibility index (Phi) is 8.23. The van der Waals surface area contributed by atoms with Crippen molar-refractivity contribution in [2.75, 3.05) is 6.61 Å². The lowest BCUT2D eigenvalue weighted by atomic mass is 9.77. The average molecular weight is 485 g/mol. The van der Waals surface area contributed by atoms with E-state index in [0.717, 1.165) is 44.3 Å². The Morgan fingerprint density at radius 3 is 2.33 bits per heavy atom. The molecule has 2 heterocycles. The van der Waals surface area contributed by atoms with Crippen LogP contribution in [-0.2, 0) is 15.1 Å². The quantitative estimate of drug-likeness (QED) is 0.259. The SMILES string of the molecule is CC[C@H]1CCC(CCCOc2ccccc2)C[C@H]1OC(=O)C(O)(c1cccs1)c1cccs1. The molecule has 4 nitrogen and oxygen atoms in total. The number of para-hydroxylation sites is 1. The summed E-state index contributed by atoms with van der Waals surface area (Å²) in [5.41, 5.74) is -1.74. The van der Waals surface area contributed by atoms with Crippen LogP contribution in [-0.4, -0.2) is 23.8 Å². The smallest absolute Gasteiger partial charge is 0.349 e. The van der Waals surface area contributed by atoms with Crippen LogP contribution in [0.25, 0.3) is 0 Å². The Morgan fingerprint density at radius 1 is 1.03 bits per heavy atom. The zero-order valence-corrected chi connectivity index (χ0v) is 20.7. The van der Waals surface area contributed by atoms with Gasteiger partial charge in [-0.1, -0.05) is 37.3 Å². The summed E-state index contributed by atoms with van der Waals surface area (Å²) in [7, 11) is 0. The van der Waals surface area contributed by atoms with Crippen molar-refractivity contribution in [1.29, 1.82) is 0 Å². The minimum atomic E-state index is -1.74. The first kappa shape index (κ1) is 24.0. The van der Waals surface area contributed by atoms with Crippen molar-refractivity contribution in [2.24, 2.45) is 11.8 Å². The molecule has 1 aliphatic rings. The molecule has 3 atom stereocenters. The molecular weight excluding hydrogens is 452 g/mol. The minimum Gasteiger partial charge on any atom is -0.494 e. The number of hydrogen-bond donors (Lipinski definition) is 1. The van der Waals surface area contributed by atoms with Crippen molar-refractivity contribution >= 4 is 28.6 Å². The maximum absolute atomic E-state index is 13.4. The highest BCUT2D eigenvalue weighted by Gasteiger charge is 2.46. The molecule has 0 amide bonds. The molecule has 6 heteroatoms. The van der Waals surface area contributed by atoms with E-state index in [4.69, 9.17) is 9.47 Å². The van der Waals surface area contributed by atoms with Gasteiger partial charge in [-0.3, -0.25) is 0 Å². The summed E-state index contributed by atoms with van der Waals surface area (Å²) in [6.45, 7) is 2.85. The summed E-state index contributed by atoms with van der Waals surface area (Å²) < 4.78 is 11.9. The number of carbonyl (C=O) groups excluding carboxylic acids is 1. The fourth-order valence-electron chi connectivity index (χ4n) is 4.74. The Hall–Kier alpha value is -2.15. The molecule has 1 saturated carbocycles. The molecule has 3 aromatic rings. The topological polar surface area (TPSA) is 55.8 Å². The number of esters is 1. The Balaban J connectivity index is 1.38. The van der Waals surface area contributed by atoms with Gasteiger partial charge >= 0.3 is 5.97 Å². The third-order valence-electron chi connectivity index (χ3n) is 6.64. The molecule has 1 fully saturated rings. The zero-order chi connectivity index (χ0) is 23.1. The lowest BCUT2D eigenvalue weighted by molar-refractivity contribution is -0.173. The van der Waals surface area contributed by atoms with E-state index in [0.29, 0.717) is 28.2 Å². The third-order valence-corrected chi connectivity index (χ3v) is 8.60. The zero-order valence-electron chi connectivity index (χ0n) is 19.0. The lowest BCUT2D eigenvalue weighted by Crippen LogP contribution is -2.42. The Bertz CT molecular complexity index is 935. The van der Waals surface area contributed by atoms with Gasteiger partial charge in [0, 0.05) is 0 Å². The maximum Gasteiger partial charge on any atom is 0.349 e. The molecule has 0 saturated heterocycles. The number of aliphatic hydroxyl groups is 1. The summed E-state index contributed by atoms with van der Waals surface area (Å²) >= 11 is 2.76. The van der Waals surface area contributed by atoms with Gasteiger partial charge in [0.15, 0.2) is 0 Å². The van der Waals surface area contributed by atoms with Crippen LogP contribution in [0, 0.1) is 11.8 Å². The monoisotopic (exact) mass is 484 g/mol. The fraction of sp³-hybridized carbons (Fsp3) is 0.444. The van der Waals surface area contributed by atoms with Gasteiger partial charge in [0.25, 0.3) is 0 Å². The molecule has 1 aromatic carbocycles. The average Bonchev–Trinajstić information content (AvgIpc) is 3.57. The van der Waals surface area contributed by atoms with Gasteiger partial charge in [0.1, 0.15) is 11.9 Å². The van der Waals surface area contributed by atoms with E-state index in [2.05, 4.69) is 6.92 Å². The summed E-state index contributed by atoms with van der Waals surface area (Å²) in [6.07, 6.45) is 5.89. The second kappa shape index (κ2) is 11.3. The molecule has 1 unspecified atom stereocenters. The number of thiophene rings is 2. The molecule has 0 spiro atoms. The van der Waals surface area contributed by atoms with Gasteiger partial charge < -0.3 is 14.6 Å². The van der Waals surface area contributed by atoms with Crippen molar-refractivity contribution in [1.82, 2.24) is 0 Å². The first-order valence-corrected chi connectivity index (χ1v) is 13.6. The number of benzene rings is 1. The van der Waals surface area contributed by atoms with Crippen LogP contribution in [0.4, 0.5) is 0 Å². The van der Waals surface area contributed by atoms with Gasteiger partial charge in [0.05, 0.1) is 16.4 Å². The number of carbonyl (C=O) groups is 1. The summed E-state index contributed by atoms with van der Waals surface area (Å²) in [6, 6.07) is 17.2. The first-order chi connectivity index (χ1) is 16.1. The summed E-state index contributed by atoms with van der Waals surface area (Å²) in [5.74, 6) is 1.19. The van der Waals surface area contributed by atoms with E-state index in [1.165, 1.54) is 22.7 Å². The van der Waals surface area contributed by atoms with Crippen molar-refractivity contribution in [3.8, 4) is 5.75 Å². The highest BCUT2D eigenvalue weighted by Crippen LogP contribution is 2.40. The van der Waals surface area contributed by atoms with Crippen LogP contribution in [0.15, 0.2) is 65.4 Å². The van der Waals surface area contributed by atoms with Crippen molar-refractivity contribution < 1.29 is 19.4 Å². The van der Waals surface area contributed by atoms with Crippen LogP contribution < -0.4 is 4.74 Å². The molecule has 4 rings (SSSR count). The van der Waals surface area contributed by atoms with Gasteiger partial charge in [-0.05, 0) is 85.4 Å². The summed E-state index contributed by atoms with van der Waals surface area (Å²) in [5, 5.41) is 15.3. The normalized spacial score (nSPS) is 21.0. The molecule has 0 bridgehead atoms. The van der Waals surface area contributed by atoms with Gasteiger partial charge in [-0.2, -0.15) is 0 Å². The van der Waals surface area contributed by atoms with Gasteiger partial charge in [0.2, 0.25) is 5.60 Å². The van der Waals surface area contributed by atoms with Crippen molar-refractivity contribution in [3.63, 3.8) is 0 Å². The van der Waals surface area contributed by atoms with E-state index in [1.54, 1.807) is 12.1 Å². The number of ether oxygens (including phenoxy) is 2. The predicted octanol–water partition coefficient (Wildman–Crippen LogP) is 6.64. The second-order valence-corrected chi connectivity index (χ2v) is 10.7. The maximum atomic E-state index is 13.4. The fourth-order valence-corrected chi connectivity index (χ4v) is 6.46. The largest absolute Gasteiger partial charge is 0.494 e. The van der Waals surface area contributed by atoms with Gasteiger partial charge in [-0.25, -0.2) is 4.79 Å². The van der Waals surface area contributed by atoms with E-state index in [1.807, 2.05) is 53.2 Å². The van der Waals surface area contributed by atoms with E-state index in [-0.39, 0.29) is 6.10 Å². The molecule has 2 aromatic heterocycles. The van der Waals surface area contributed by atoms with Crippen LogP contribution in [0.3, 0.4) is 0 Å². The lowest BCUT2D eigenvalue weighted by Gasteiger charge is -2.37. The Labute approximate surface area is 204 Å². The molecule has 176 valence electrons. The van der Waals surface area contributed by atoms with Crippen molar-refractivity contribution in [3.05, 3.63) is 75.1 Å². The molecular formula is C27H32O4S2. The predicted molar refractivity (Wildman–Crippen MR) is 134 cm³/mol. The highest BCUT2D eigenvalue weighted by molar-refractivity contribution is 7.12. The molecule has 33 heavy (non-hydrogen) atoms. The first-order valence-electron chi connectivity index (χ1n) is 11.8. The van der Waals surface area contributed by atoms with Crippen LogP contribution in [0.1, 0.15) is 55.2 Å². The molecule has 1 aliphatic carbocycles. The highest BCUT2D eigenvalue weighted by atomic mass is 32.1. The Morgan fingerprint density at radius 2 is 1.73 bits per heavy atom. The number of hydrogen-bond acceptors (Lipinski definition) is 6. The third kappa shape index (κ3) is 5.68. The minimum absolute atomic E-state index is 0.164. The van der Waals surface area contributed by atoms with E-state index >= 15 is 0 Å².